The average Bonchev–Trinajstić information content (AvgIpc) is 3.00. The second-order valence-electron chi connectivity index (χ2n) is 5.36. The summed E-state index contributed by atoms with van der Waals surface area (Å²) >= 11 is 0. The Labute approximate surface area is 128 Å². The summed E-state index contributed by atoms with van der Waals surface area (Å²) in [6, 6.07) is 1.81. The van der Waals surface area contributed by atoms with Crippen molar-refractivity contribution in [2.24, 2.45) is 7.05 Å². The molecule has 1 amide bonds. The van der Waals surface area contributed by atoms with E-state index in [1.807, 2.05) is 6.07 Å². The van der Waals surface area contributed by atoms with Crippen LogP contribution < -0.4 is 5.32 Å². The molecule has 0 radical (unpaired) electrons. The van der Waals surface area contributed by atoms with E-state index < -0.39 is 0 Å². The van der Waals surface area contributed by atoms with E-state index in [0.29, 0.717) is 19.0 Å². The number of imidazole rings is 1. The Morgan fingerprint density at radius 3 is 3.09 bits per heavy atom. The Morgan fingerprint density at radius 1 is 1.45 bits per heavy atom. The number of rotatable bonds is 4. The maximum absolute atomic E-state index is 12.0. The van der Waals surface area contributed by atoms with Gasteiger partial charge in [0.15, 0.2) is 5.82 Å². The highest BCUT2D eigenvalue weighted by Gasteiger charge is 2.19. The van der Waals surface area contributed by atoms with Crippen LogP contribution in [0.5, 0.6) is 0 Å². The number of nitrogens with zero attached hydrogens (tertiary/aromatic N) is 4. The molecule has 1 atom stereocenters. The van der Waals surface area contributed by atoms with Crippen LogP contribution in [0.2, 0.25) is 0 Å². The first-order valence-electron chi connectivity index (χ1n) is 7.39. The van der Waals surface area contributed by atoms with Gasteiger partial charge in [-0.3, -0.25) is 4.79 Å². The van der Waals surface area contributed by atoms with Crippen LogP contribution in [0.4, 0.5) is 0 Å². The largest absolute Gasteiger partial charge is 0.381 e. The van der Waals surface area contributed by atoms with Crippen LogP contribution in [-0.4, -0.2) is 38.6 Å². The molecule has 3 rings (SSSR count). The minimum atomic E-state index is -0.214. The van der Waals surface area contributed by atoms with Gasteiger partial charge < -0.3 is 14.6 Å². The Hall–Kier alpha value is -2.28. The van der Waals surface area contributed by atoms with Crippen LogP contribution >= 0.6 is 0 Å². The number of aromatic nitrogens is 4. The number of amides is 1. The van der Waals surface area contributed by atoms with E-state index in [1.54, 1.807) is 30.2 Å². The summed E-state index contributed by atoms with van der Waals surface area (Å²) in [7, 11) is 1.79. The van der Waals surface area contributed by atoms with Crippen molar-refractivity contribution >= 4 is 5.91 Å². The van der Waals surface area contributed by atoms with Crippen molar-refractivity contribution in [1.82, 2.24) is 24.8 Å². The summed E-state index contributed by atoms with van der Waals surface area (Å²) in [6.07, 6.45) is 7.15. The van der Waals surface area contributed by atoms with Crippen molar-refractivity contribution in [1.29, 1.82) is 0 Å². The monoisotopic (exact) mass is 301 g/mol. The third-order valence-electron chi connectivity index (χ3n) is 3.71. The minimum Gasteiger partial charge on any atom is -0.381 e. The topological polar surface area (TPSA) is 81.9 Å². The first-order valence-corrected chi connectivity index (χ1v) is 7.39. The van der Waals surface area contributed by atoms with E-state index in [9.17, 15) is 4.79 Å². The number of aryl methyl sites for hydroxylation is 1. The molecular weight excluding hydrogens is 282 g/mol. The first-order chi connectivity index (χ1) is 10.7. The predicted octanol–water partition coefficient (Wildman–Crippen LogP) is 1.03. The summed E-state index contributed by atoms with van der Waals surface area (Å²) < 4.78 is 7.16. The van der Waals surface area contributed by atoms with Crippen molar-refractivity contribution in [3.05, 3.63) is 42.0 Å². The highest BCUT2D eigenvalue weighted by Crippen LogP contribution is 2.22. The lowest BCUT2D eigenvalue weighted by Crippen LogP contribution is -2.26. The Bertz CT molecular complexity index is 649. The van der Waals surface area contributed by atoms with Gasteiger partial charge in [0.2, 0.25) is 0 Å². The van der Waals surface area contributed by atoms with Gasteiger partial charge in [0, 0.05) is 38.2 Å². The molecule has 1 fully saturated rings. The van der Waals surface area contributed by atoms with Gasteiger partial charge in [-0.2, -0.15) is 0 Å². The maximum Gasteiger partial charge on any atom is 0.287 e. The molecular formula is C15H19N5O2. The van der Waals surface area contributed by atoms with Crippen molar-refractivity contribution < 1.29 is 9.53 Å². The fourth-order valence-corrected chi connectivity index (χ4v) is 2.49. The van der Waals surface area contributed by atoms with Crippen LogP contribution in [0.3, 0.4) is 0 Å². The molecule has 22 heavy (non-hydrogen) atoms. The molecule has 3 heterocycles. The molecule has 0 unspecified atom stereocenters. The zero-order valence-electron chi connectivity index (χ0n) is 12.5. The maximum atomic E-state index is 12.0. The Kier molecular flexibility index (Phi) is 4.43. The molecule has 116 valence electrons. The molecule has 0 aromatic carbocycles. The summed E-state index contributed by atoms with van der Waals surface area (Å²) in [5, 5.41) is 2.83. The summed E-state index contributed by atoms with van der Waals surface area (Å²) in [5.74, 6) is 1.21. The number of carbonyl (C=O) groups is 1. The van der Waals surface area contributed by atoms with Crippen molar-refractivity contribution in [3.8, 4) is 0 Å². The van der Waals surface area contributed by atoms with E-state index in [4.69, 9.17) is 4.74 Å². The van der Waals surface area contributed by atoms with Crippen molar-refractivity contribution in [2.75, 3.05) is 13.2 Å². The van der Waals surface area contributed by atoms with Gasteiger partial charge in [0.05, 0.1) is 18.8 Å². The molecule has 0 bridgehead atoms. The molecule has 1 saturated heterocycles. The second kappa shape index (κ2) is 6.65. The van der Waals surface area contributed by atoms with Crippen molar-refractivity contribution in [2.45, 2.75) is 25.3 Å². The highest BCUT2D eigenvalue weighted by atomic mass is 16.5. The number of hydrogen-bond donors (Lipinski definition) is 1. The minimum absolute atomic E-state index is 0.214. The third kappa shape index (κ3) is 3.30. The van der Waals surface area contributed by atoms with Gasteiger partial charge >= 0.3 is 0 Å². The average molecular weight is 301 g/mol. The molecule has 0 spiro atoms. The fourth-order valence-electron chi connectivity index (χ4n) is 2.49. The first kappa shape index (κ1) is 14.6. The third-order valence-corrected chi connectivity index (χ3v) is 3.71. The van der Waals surface area contributed by atoms with Crippen molar-refractivity contribution in [3.63, 3.8) is 0 Å². The predicted molar refractivity (Wildman–Crippen MR) is 79.2 cm³/mol. The smallest absolute Gasteiger partial charge is 0.287 e. The van der Waals surface area contributed by atoms with Crippen LogP contribution in [0, 0.1) is 0 Å². The molecule has 7 heteroatoms. The standard InChI is InChI=1S/C15H19N5O2/c1-20-7-6-17-14(20)15(21)18-9-12-4-5-16-13(19-12)11-3-2-8-22-10-11/h4-7,11H,2-3,8-10H2,1H3,(H,18,21)/t11-/m1/s1. The van der Waals surface area contributed by atoms with Crippen LogP contribution in [-0.2, 0) is 18.3 Å². The molecule has 1 aliphatic heterocycles. The Morgan fingerprint density at radius 2 is 2.36 bits per heavy atom. The number of carbonyl (C=O) groups excluding carboxylic acids is 1. The lowest BCUT2D eigenvalue weighted by Gasteiger charge is -2.20. The van der Waals surface area contributed by atoms with E-state index in [1.165, 1.54) is 0 Å². The zero-order chi connectivity index (χ0) is 15.4. The molecule has 1 aliphatic rings. The summed E-state index contributed by atoms with van der Waals surface area (Å²) in [6.45, 7) is 1.84. The Balaban J connectivity index is 1.63. The lowest BCUT2D eigenvalue weighted by molar-refractivity contribution is 0.0779. The molecule has 0 aliphatic carbocycles. The van der Waals surface area contributed by atoms with Gasteiger partial charge in [0.1, 0.15) is 5.82 Å². The van der Waals surface area contributed by atoms with Crippen LogP contribution in [0.25, 0.3) is 0 Å². The van der Waals surface area contributed by atoms with Gasteiger partial charge in [-0.15, -0.1) is 0 Å². The molecule has 7 nitrogen and oxygen atoms in total. The van der Waals surface area contributed by atoms with Gasteiger partial charge in [-0.25, -0.2) is 15.0 Å². The SMILES string of the molecule is Cn1ccnc1C(=O)NCc1ccnc([C@@H]2CCCOC2)n1. The summed E-state index contributed by atoms with van der Waals surface area (Å²) in [5.41, 5.74) is 0.790. The van der Waals surface area contributed by atoms with Gasteiger partial charge in [0.25, 0.3) is 5.91 Å². The van der Waals surface area contributed by atoms with E-state index in [2.05, 4.69) is 20.3 Å². The van der Waals surface area contributed by atoms with Gasteiger partial charge in [-0.05, 0) is 18.9 Å². The lowest BCUT2D eigenvalue weighted by atomic mass is 10.0. The van der Waals surface area contributed by atoms with E-state index in [-0.39, 0.29) is 11.8 Å². The molecule has 2 aromatic heterocycles. The normalized spacial score (nSPS) is 18.1. The zero-order valence-corrected chi connectivity index (χ0v) is 12.5. The highest BCUT2D eigenvalue weighted by molar-refractivity contribution is 5.90. The fraction of sp³-hybridized carbons (Fsp3) is 0.467. The molecule has 2 aromatic rings. The van der Waals surface area contributed by atoms with E-state index >= 15 is 0 Å². The molecule has 1 N–H and O–H groups in total. The number of hydrogen-bond acceptors (Lipinski definition) is 5. The molecule has 0 saturated carbocycles. The second-order valence-corrected chi connectivity index (χ2v) is 5.36. The summed E-state index contributed by atoms with van der Waals surface area (Å²) in [4.78, 5) is 24.9. The van der Waals surface area contributed by atoms with Crippen LogP contribution in [0.1, 0.15) is 40.9 Å². The van der Waals surface area contributed by atoms with E-state index in [0.717, 1.165) is 31.0 Å². The van der Waals surface area contributed by atoms with Crippen LogP contribution in [0.15, 0.2) is 24.7 Å². The quantitative estimate of drug-likeness (QED) is 0.912. The number of nitrogens with one attached hydrogen (secondary N) is 1. The van der Waals surface area contributed by atoms with Gasteiger partial charge in [-0.1, -0.05) is 0 Å². The number of ether oxygens (including phenoxy) is 1.